The maximum Gasteiger partial charge on any atom is 0.194 e. The van der Waals surface area contributed by atoms with Gasteiger partial charge in [-0.3, -0.25) is 0 Å². The van der Waals surface area contributed by atoms with Crippen molar-refractivity contribution in [3.8, 4) is 5.75 Å². The topological polar surface area (TPSA) is 55.3 Å². The Bertz CT molecular complexity index is 557. The number of likely N-dealkylation sites (tertiary alicyclic amines) is 1. The number of aryl methyl sites for hydroxylation is 1. The number of ether oxygens (including phenoxy) is 3. The van der Waals surface area contributed by atoms with Crippen LogP contribution in [0.3, 0.4) is 0 Å². The van der Waals surface area contributed by atoms with Gasteiger partial charge < -0.3 is 24.4 Å². The number of benzene rings is 1. The average molecular weight is 491 g/mol. The lowest BCUT2D eigenvalue weighted by molar-refractivity contribution is 0.0536. The molecule has 2 rings (SSSR count). The molecule has 1 atom stereocenters. The summed E-state index contributed by atoms with van der Waals surface area (Å²) in [6.07, 6.45) is 1.14. The summed E-state index contributed by atoms with van der Waals surface area (Å²) in [6.45, 7) is 10.4. The van der Waals surface area contributed by atoms with Gasteiger partial charge in [0.25, 0.3) is 0 Å². The van der Waals surface area contributed by atoms with Gasteiger partial charge >= 0.3 is 0 Å². The van der Waals surface area contributed by atoms with Crippen LogP contribution < -0.4 is 10.1 Å². The Kier molecular flexibility index (Phi) is 12.4. The minimum atomic E-state index is 0. The Hall–Kier alpha value is -1.06. The van der Waals surface area contributed by atoms with Crippen LogP contribution in [0.2, 0.25) is 0 Å². The third-order valence-electron chi connectivity index (χ3n) is 4.32. The first-order valence-electron chi connectivity index (χ1n) is 9.52. The predicted molar refractivity (Wildman–Crippen MR) is 120 cm³/mol. The second kappa shape index (κ2) is 14.0. The van der Waals surface area contributed by atoms with Gasteiger partial charge in [0.15, 0.2) is 5.96 Å². The van der Waals surface area contributed by atoms with E-state index in [9.17, 15) is 0 Å². The summed E-state index contributed by atoms with van der Waals surface area (Å²) in [5.41, 5.74) is 1.20. The first-order chi connectivity index (χ1) is 12.7. The molecule has 1 fully saturated rings. The molecule has 0 spiro atoms. The summed E-state index contributed by atoms with van der Waals surface area (Å²) in [4.78, 5) is 7.04. The zero-order valence-electron chi connectivity index (χ0n) is 16.8. The van der Waals surface area contributed by atoms with Crippen molar-refractivity contribution in [2.45, 2.75) is 20.3 Å². The van der Waals surface area contributed by atoms with Gasteiger partial charge in [-0.25, -0.2) is 4.99 Å². The van der Waals surface area contributed by atoms with Gasteiger partial charge in [-0.05, 0) is 38.0 Å². The molecule has 1 saturated heterocycles. The summed E-state index contributed by atoms with van der Waals surface area (Å²) >= 11 is 0. The standard InChI is InChI=1S/C20H33N3O3.HI/c1-4-21-20(22-9-11-26-19-7-5-6-17(2)14-19)23-10-8-18(15-23)16-25-13-12-24-3;/h5-7,14,18H,4,8-13,15-16H2,1-3H3,(H,21,22);1H. The van der Waals surface area contributed by atoms with E-state index in [4.69, 9.17) is 19.2 Å². The van der Waals surface area contributed by atoms with Crippen LogP contribution in [-0.2, 0) is 9.47 Å². The van der Waals surface area contributed by atoms with E-state index in [0.29, 0.717) is 32.3 Å². The van der Waals surface area contributed by atoms with E-state index in [1.54, 1.807) is 7.11 Å². The van der Waals surface area contributed by atoms with Crippen molar-refractivity contribution in [1.82, 2.24) is 10.2 Å². The van der Waals surface area contributed by atoms with Crippen molar-refractivity contribution < 1.29 is 14.2 Å². The van der Waals surface area contributed by atoms with E-state index in [1.165, 1.54) is 5.56 Å². The Morgan fingerprint density at radius 1 is 1.30 bits per heavy atom. The molecule has 1 aromatic rings. The zero-order chi connectivity index (χ0) is 18.6. The highest BCUT2D eigenvalue weighted by Gasteiger charge is 2.24. The molecule has 1 heterocycles. The SMILES string of the molecule is CCNC(=NCCOc1cccc(C)c1)N1CCC(COCCOC)C1.I. The summed E-state index contributed by atoms with van der Waals surface area (Å²) < 4.78 is 16.5. The highest BCUT2D eigenvalue weighted by Crippen LogP contribution is 2.17. The van der Waals surface area contributed by atoms with Gasteiger partial charge in [0.1, 0.15) is 12.4 Å². The second-order valence-corrected chi connectivity index (χ2v) is 6.57. The van der Waals surface area contributed by atoms with Crippen LogP contribution in [0.1, 0.15) is 18.9 Å². The third-order valence-corrected chi connectivity index (χ3v) is 4.32. The smallest absolute Gasteiger partial charge is 0.194 e. The van der Waals surface area contributed by atoms with Gasteiger partial charge in [-0.2, -0.15) is 0 Å². The number of guanidine groups is 1. The van der Waals surface area contributed by atoms with Crippen LogP contribution >= 0.6 is 24.0 Å². The Morgan fingerprint density at radius 2 is 2.15 bits per heavy atom. The van der Waals surface area contributed by atoms with Crippen LogP contribution in [0, 0.1) is 12.8 Å². The molecule has 7 heteroatoms. The van der Waals surface area contributed by atoms with Gasteiger partial charge in [-0.15, -0.1) is 24.0 Å². The van der Waals surface area contributed by atoms with Crippen LogP contribution in [0.25, 0.3) is 0 Å². The van der Waals surface area contributed by atoms with E-state index < -0.39 is 0 Å². The maximum absolute atomic E-state index is 5.79. The van der Waals surface area contributed by atoms with Crippen molar-refractivity contribution in [2.75, 3.05) is 59.7 Å². The normalized spacial score (nSPS) is 16.9. The molecule has 0 amide bonds. The fourth-order valence-electron chi connectivity index (χ4n) is 3.00. The van der Waals surface area contributed by atoms with Crippen molar-refractivity contribution in [3.63, 3.8) is 0 Å². The van der Waals surface area contributed by atoms with Crippen LogP contribution in [0.4, 0.5) is 0 Å². The summed E-state index contributed by atoms with van der Waals surface area (Å²) in [7, 11) is 1.70. The fraction of sp³-hybridized carbons (Fsp3) is 0.650. The molecular formula is C20H34IN3O3. The minimum Gasteiger partial charge on any atom is -0.492 e. The number of nitrogens with zero attached hydrogens (tertiary/aromatic N) is 2. The quantitative estimate of drug-likeness (QED) is 0.236. The molecule has 0 radical (unpaired) electrons. The molecule has 0 saturated carbocycles. The highest BCUT2D eigenvalue weighted by molar-refractivity contribution is 14.0. The van der Waals surface area contributed by atoms with Gasteiger partial charge in [0.2, 0.25) is 0 Å². The predicted octanol–water partition coefficient (Wildman–Crippen LogP) is 2.94. The first kappa shape index (κ1) is 24.0. The highest BCUT2D eigenvalue weighted by atomic mass is 127. The van der Waals surface area contributed by atoms with E-state index in [2.05, 4.69) is 30.1 Å². The molecule has 0 bridgehead atoms. The first-order valence-corrected chi connectivity index (χ1v) is 9.52. The van der Waals surface area contributed by atoms with Crippen LogP contribution in [0.5, 0.6) is 5.75 Å². The number of methoxy groups -OCH3 is 1. The summed E-state index contributed by atoms with van der Waals surface area (Å²) in [6, 6.07) is 8.11. The molecule has 0 aromatic heterocycles. The third kappa shape index (κ3) is 9.12. The summed E-state index contributed by atoms with van der Waals surface area (Å²) in [5, 5.41) is 3.39. The zero-order valence-corrected chi connectivity index (χ0v) is 19.1. The molecule has 1 unspecified atom stereocenters. The molecule has 1 aliphatic heterocycles. The maximum atomic E-state index is 5.79. The fourth-order valence-corrected chi connectivity index (χ4v) is 3.00. The lowest BCUT2D eigenvalue weighted by Crippen LogP contribution is -2.40. The Labute approximate surface area is 180 Å². The Balaban J connectivity index is 0.00000364. The van der Waals surface area contributed by atoms with Crippen LogP contribution in [0.15, 0.2) is 29.3 Å². The van der Waals surface area contributed by atoms with Crippen molar-refractivity contribution in [2.24, 2.45) is 10.9 Å². The number of halogens is 1. The number of aliphatic imine (C=N–C) groups is 1. The average Bonchev–Trinajstić information content (AvgIpc) is 3.10. The molecule has 1 aliphatic rings. The van der Waals surface area contributed by atoms with E-state index in [-0.39, 0.29) is 24.0 Å². The van der Waals surface area contributed by atoms with Crippen molar-refractivity contribution >= 4 is 29.9 Å². The molecule has 1 aromatic carbocycles. The van der Waals surface area contributed by atoms with Crippen LogP contribution in [-0.4, -0.2) is 70.6 Å². The number of hydrogen-bond acceptors (Lipinski definition) is 4. The van der Waals surface area contributed by atoms with E-state index >= 15 is 0 Å². The van der Waals surface area contributed by atoms with Gasteiger partial charge in [0.05, 0.1) is 26.4 Å². The molecular weight excluding hydrogens is 457 g/mol. The lowest BCUT2D eigenvalue weighted by atomic mass is 10.1. The number of hydrogen-bond donors (Lipinski definition) is 1. The molecule has 0 aliphatic carbocycles. The van der Waals surface area contributed by atoms with E-state index in [0.717, 1.165) is 44.4 Å². The van der Waals surface area contributed by atoms with Crippen molar-refractivity contribution in [3.05, 3.63) is 29.8 Å². The largest absolute Gasteiger partial charge is 0.492 e. The van der Waals surface area contributed by atoms with Crippen molar-refractivity contribution in [1.29, 1.82) is 0 Å². The van der Waals surface area contributed by atoms with Gasteiger partial charge in [0, 0.05) is 32.7 Å². The Morgan fingerprint density at radius 3 is 2.89 bits per heavy atom. The number of nitrogens with one attached hydrogen (secondary N) is 1. The minimum absolute atomic E-state index is 0. The van der Waals surface area contributed by atoms with Gasteiger partial charge in [-0.1, -0.05) is 12.1 Å². The molecule has 1 N–H and O–H groups in total. The second-order valence-electron chi connectivity index (χ2n) is 6.57. The monoisotopic (exact) mass is 491 g/mol. The molecule has 6 nitrogen and oxygen atoms in total. The van der Waals surface area contributed by atoms with E-state index in [1.807, 2.05) is 18.2 Å². The lowest BCUT2D eigenvalue weighted by Gasteiger charge is -2.21. The summed E-state index contributed by atoms with van der Waals surface area (Å²) in [5.74, 6) is 2.43. The molecule has 27 heavy (non-hydrogen) atoms. The molecule has 154 valence electrons. The number of rotatable bonds is 10.